The predicted molar refractivity (Wildman–Crippen MR) is 426 cm³/mol. The van der Waals surface area contributed by atoms with Gasteiger partial charge in [0.1, 0.15) is 25.4 Å². The van der Waals surface area contributed by atoms with Crippen molar-refractivity contribution in [3.8, 4) is 0 Å². The van der Waals surface area contributed by atoms with Gasteiger partial charge in [-0.05, 0) is 141 Å². The average molecular weight is 1490 g/mol. The molecule has 5 atom stereocenters. The summed E-state index contributed by atoms with van der Waals surface area (Å²) < 4.78 is 61.1. The van der Waals surface area contributed by atoms with Crippen LogP contribution in [0.4, 0.5) is 0 Å². The molecule has 0 fully saturated rings. The Bertz CT molecular complexity index is 2410. The number of carbonyl (C=O) groups excluding carboxylic acids is 3. The summed E-state index contributed by atoms with van der Waals surface area (Å²) in [4.78, 5) is 58.7. The van der Waals surface area contributed by atoms with Crippen LogP contribution >= 0.6 is 15.6 Å². The number of phosphoric ester groups is 2. The average Bonchev–Trinajstić information content (AvgIpc) is 0.923. The monoisotopic (exact) mass is 1490 g/mol. The molecule has 0 aliphatic heterocycles. The second kappa shape index (κ2) is 77.3. The minimum Gasteiger partial charge on any atom is -0.463 e. The molecule has 103 heavy (non-hydrogen) atoms. The highest BCUT2D eigenvalue weighted by Crippen LogP contribution is 2.45. The van der Waals surface area contributed by atoms with E-state index in [-0.39, 0.29) is 19.3 Å². The maximum absolute atomic E-state index is 13.0. The van der Waals surface area contributed by atoms with Crippen LogP contribution in [0.1, 0.15) is 329 Å². The van der Waals surface area contributed by atoms with E-state index >= 15 is 0 Å². The maximum Gasteiger partial charge on any atom is 0.472 e. The highest BCUT2D eigenvalue weighted by molar-refractivity contribution is 7.47. The molecule has 0 bridgehead atoms. The van der Waals surface area contributed by atoms with Gasteiger partial charge in [0.05, 0.1) is 26.4 Å². The SMILES string of the molecule is CC/C=C\C/C=C\C/C=C\C/C=C\C/C=C\C/C=C\CCCCCCCCCCCCC(=O)OCC(O)COP(=O)(O)OCC(O)COP(=O)(O)OCC(COC(=O)CCCCCCCCCCC/C=C\C/C=C\C/C=C\C/C=C\CCCCC)OC(=O)CCCCCCC/C=C\CCCCCC. The third-order valence-electron chi connectivity index (χ3n) is 16.8. The van der Waals surface area contributed by atoms with Gasteiger partial charge in [0.25, 0.3) is 0 Å². The molecular formula is C85H146O16P2. The highest BCUT2D eigenvalue weighted by atomic mass is 31.2. The van der Waals surface area contributed by atoms with Crippen LogP contribution in [0.3, 0.4) is 0 Å². The van der Waals surface area contributed by atoms with Crippen molar-refractivity contribution < 1.29 is 75.8 Å². The summed E-state index contributed by atoms with van der Waals surface area (Å²) in [7, 11) is -9.79. The first-order chi connectivity index (χ1) is 50.2. The zero-order valence-corrected chi connectivity index (χ0v) is 66.5. The number of ether oxygens (including phenoxy) is 3. The molecule has 4 N–H and O–H groups in total. The number of allylic oxidation sites excluding steroid dienone is 22. The molecule has 0 spiro atoms. The van der Waals surface area contributed by atoms with E-state index in [1.165, 1.54) is 109 Å². The van der Waals surface area contributed by atoms with E-state index in [1.807, 2.05) is 0 Å². The van der Waals surface area contributed by atoms with Crippen LogP contribution in [-0.4, -0.2) is 95.9 Å². The lowest BCUT2D eigenvalue weighted by atomic mass is 10.1. The van der Waals surface area contributed by atoms with E-state index < -0.39 is 91.5 Å². The van der Waals surface area contributed by atoms with Gasteiger partial charge in [0, 0.05) is 19.3 Å². The van der Waals surface area contributed by atoms with Gasteiger partial charge in [-0.2, -0.15) is 0 Å². The van der Waals surface area contributed by atoms with Gasteiger partial charge in [0.2, 0.25) is 0 Å². The summed E-state index contributed by atoms with van der Waals surface area (Å²) in [5.74, 6) is -1.59. The first-order valence-electron chi connectivity index (χ1n) is 40.5. The molecule has 592 valence electrons. The number of carbonyl (C=O) groups is 3. The molecule has 0 aromatic carbocycles. The molecule has 0 heterocycles. The van der Waals surface area contributed by atoms with Gasteiger partial charge in [-0.15, -0.1) is 0 Å². The normalized spacial score (nSPS) is 14.7. The summed E-state index contributed by atoms with van der Waals surface area (Å²) in [6, 6.07) is 0. The van der Waals surface area contributed by atoms with Gasteiger partial charge in [-0.3, -0.25) is 32.5 Å². The van der Waals surface area contributed by atoms with E-state index in [0.717, 1.165) is 161 Å². The molecule has 0 saturated carbocycles. The minimum absolute atomic E-state index is 0.0916. The molecule has 0 rings (SSSR count). The predicted octanol–water partition coefficient (Wildman–Crippen LogP) is 23.9. The lowest BCUT2D eigenvalue weighted by Gasteiger charge is -2.21. The van der Waals surface area contributed by atoms with E-state index in [2.05, 4.69) is 154 Å². The van der Waals surface area contributed by atoms with Crippen molar-refractivity contribution in [3.63, 3.8) is 0 Å². The Morgan fingerprint density at radius 3 is 0.845 bits per heavy atom. The third kappa shape index (κ3) is 78.6. The van der Waals surface area contributed by atoms with Crippen LogP contribution in [0.5, 0.6) is 0 Å². The Balaban J connectivity index is 4.51. The molecule has 0 aromatic heterocycles. The van der Waals surface area contributed by atoms with Crippen molar-refractivity contribution in [2.45, 2.75) is 347 Å². The standard InChI is InChI=1S/C85H146O16P2/c1-4-7-10-13-16-19-22-25-27-29-31-33-35-37-38-39-40-42-44-45-47-49-51-54-56-59-62-65-68-71-83(88)95-74-80(86)75-97-102(91,92)98-76-81(87)77-99-103(93,94)100-79-82(101-85(90)73-70-67-64-61-58-53-24-21-18-15-12-9-6-3)78-96-84(89)72-69-66-63-60-57-55-52-50-48-46-43-41-36-34-32-30-28-26-23-20-17-14-11-8-5-2/h7,10,16-17,19-21,24-28,31-34,37-38,40-43,80-82,86-87H,4-6,8-9,11-15,18,22-23,29-30,35-36,39,44-79H2,1-3H3,(H,91,92)(H,93,94)/b10-7-,19-16-,20-17-,24-21-,27-25-,28-26-,33-31-,34-32-,38-37-,42-40-,43-41-. The Morgan fingerprint density at radius 2 is 0.515 bits per heavy atom. The summed E-state index contributed by atoms with van der Waals surface area (Å²) in [5.41, 5.74) is 0. The molecule has 5 unspecified atom stereocenters. The summed E-state index contributed by atoms with van der Waals surface area (Å²) in [6.45, 7) is 2.52. The minimum atomic E-state index is -4.93. The fourth-order valence-electron chi connectivity index (χ4n) is 10.7. The fourth-order valence-corrected chi connectivity index (χ4v) is 12.3. The molecule has 0 saturated heterocycles. The van der Waals surface area contributed by atoms with Crippen molar-refractivity contribution in [1.82, 2.24) is 0 Å². The topological polar surface area (TPSA) is 231 Å². The van der Waals surface area contributed by atoms with Crippen molar-refractivity contribution in [1.29, 1.82) is 0 Å². The van der Waals surface area contributed by atoms with E-state index in [0.29, 0.717) is 19.3 Å². The number of phosphoric acid groups is 2. The van der Waals surface area contributed by atoms with Crippen LogP contribution in [0.25, 0.3) is 0 Å². The number of unbranched alkanes of at least 4 members (excludes halogenated alkanes) is 31. The Morgan fingerprint density at radius 1 is 0.282 bits per heavy atom. The third-order valence-corrected chi connectivity index (χ3v) is 18.7. The van der Waals surface area contributed by atoms with E-state index in [9.17, 15) is 43.5 Å². The largest absolute Gasteiger partial charge is 0.472 e. The molecular weight excluding hydrogens is 1340 g/mol. The fraction of sp³-hybridized carbons (Fsp3) is 0.706. The second-order valence-corrected chi connectivity index (χ2v) is 29.7. The first-order valence-corrected chi connectivity index (χ1v) is 43.5. The van der Waals surface area contributed by atoms with Crippen molar-refractivity contribution >= 4 is 33.6 Å². The number of esters is 3. The Hall–Kier alpha value is -4.31. The van der Waals surface area contributed by atoms with Crippen LogP contribution < -0.4 is 0 Å². The number of hydrogen-bond donors (Lipinski definition) is 4. The molecule has 0 aliphatic rings. The van der Waals surface area contributed by atoms with Crippen molar-refractivity contribution in [3.05, 3.63) is 134 Å². The van der Waals surface area contributed by atoms with Crippen molar-refractivity contribution in [2.24, 2.45) is 0 Å². The molecule has 0 aromatic rings. The zero-order valence-electron chi connectivity index (χ0n) is 64.7. The van der Waals surface area contributed by atoms with E-state index in [4.69, 9.17) is 32.3 Å². The number of aliphatic hydroxyl groups is 2. The quantitative estimate of drug-likeness (QED) is 0.0146. The lowest BCUT2D eigenvalue weighted by Crippen LogP contribution is -2.30. The molecule has 0 amide bonds. The smallest absolute Gasteiger partial charge is 0.463 e. The van der Waals surface area contributed by atoms with Gasteiger partial charge >= 0.3 is 33.6 Å². The summed E-state index contributed by atoms with van der Waals surface area (Å²) >= 11 is 0. The van der Waals surface area contributed by atoms with Gasteiger partial charge in [0.15, 0.2) is 6.10 Å². The molecule has 0 radical (unpaired) electrons. The van der Waals surface area contributed by atoms with Crippen LogP contribution in [0.2, 0.25) is 0 Å². The molecule has 18 heteroatoms. The summed E-state index contributed by atoms with van der Waals surface area (Å²) in [5, 5.41) is 20.6. The van der Waals surface area contributed by atoms with Crippen LogP contribution in [0, 0.1) is 0 Å². The first kappa shape index (κ1) is 98.7. The van der Waals surface area contributed by atoms with Crippen LogP contribution in [0.15, 0.2) is 134 Å². The number of hydrogen-bond acceptors (Lipinski definition) is 14. The van der Waals surface area contributed by atoms with Gasteiger partial charge in [-0.1, -0.05) is 302 Å². The number of aliphatic hydroxyl groups excluding tert-OH is 2. The van der Waals surface area contributed by atoms with E-state index in [1.54, 1.807) is 0 Å². The number of rotatable bonds is 76. The lowest BCUT2D eigenvalue weighted by molar-refractivity contribution is -0.161. The molecule has 16 nitrogen and oxygen atoms in total. The maximum atomic E-state index is 13.0. The summed E-state index contributed by atoms with van der Waals surface area (Å²) in [6.07, 6.45) is 93.5. The second-order valence-electron chi connectivity index (χ2n) is 26.8. The van der Waals surface area contributed by atoms with Crippen molar-refractivity contribution in [2.75, 3.05) is 39.6 Å². The Labute approximate surface area is 626 Å². The highest BCUT2D eigenvalue weighted by Gasteiger charge is 2.29. The van der Waals surface area contributed by atoms with Crippen LogP contribution in [-0.2, 0) is 55.8 Å². The van der Waals surface area contributed by atoms with Gasteiger partial charge in [-0.25, -0.2) is 9.13 Å². The molecule has 0 aliphatic carbocycles. The Kier molecular flexibility index (Phi) is 74.1. The zero-order chi connectivity index (χ0) is 75.2. The van der Waals surface area contributed by atoms with Gasteiger partial charge < -0.3 is 34.2 Å².